The van der Waals surface area contributed by atoms with Crippen LogP contribution >= 0.6 is 11.3 Å². The van der Waals surface area contributed by atoms with Gasteiger partial charge in [0.1, 0.15) is 4.21 Å². The third kappa shape index (κ3) is 4.53. The van der Waals surface area contributed by atoms with Crippen LogP contribution in [0.1, 0.15) is 65.3 Å². The molecular formula is C23H33N3O3S2. The Morgan fingerprint density at radius 3 is 2.39 bits per heavy atom. The van der Waals surface area contributed by atoms with Gasteiger partial charge < -0.3 is 4.57 Å². The smallest absolute Gasteiger partial charge is 0.252 e. The molecule has 2 fully saturated rings. The van der Waals surface area contributed by atoms with E-state index >= 15 is 0 Å². The second-order valence-corrected chi connectivity index (χ2v) is 12.1. The quantitative estimate of drug-likeness (QED) is 0.582. The molecular weight excluding hydrogens is 430 g/mol. The van der Waals surface area contributed by atoms with Crippen molar-refractivity contribution in [2.75, 3.05) is 32.7 Å². The molecule has 1 aliphatic heterocycles. The van der Waals surface area contributed by atoms with E-state index in [4.69, 9.17) is 0 Å². The first kappa shape index (κ1) is 22.7. The van der Waals surface area contributed by atoms with Crippen LogP contribution < -0.4 is 0 Å². The number of rotatable bonds is 7. The summed E-state index contributed by atoms with van der Waals surface area (Å²) in [5.74, 6) is 0.138. The molecule has 8 heteroatoms. The summed E-state index contributed by atoms with van der Waals surface area (Å²) >= 11 is 1.36. The van der Waals surface area contributed by atoms with E-state index in [9.17, 15) is 13.2 Å². The Labute approximate surface area is 189 Å². The van der Waals surface area contributed by atoms with Crippen molar-refractivity contribution in [3.05, 3.63) is 40.0 Å². The Morgan fingerprint density at radius 2 is 1.77 bits per heavy atom. The molecule has 0 N–H and O–H groups in total. The molecule has 4 rings (SSSR count). The van der Waals surface area contributed by atoms with Crippen LogP contribution in [0.25, 0.3) is 0 Å². The summed E-state index contributed by atoms with van der Waals surface area (Å²) in [5, 5.41) is 0. The number of carbonyl (C=O) groups is 1. The van der Waals surface area contributed by atoms with Gasteiger partial charge in [0.05, 0.1) is 6.54 Å². The molecule has 2 aliphatic rings. The molecule has 170 valence electrons. The minimum Gasteiger partial charge on any atom is -0.345 e. The molecule has 1 aliphatic carbocycles. The zero-order valence-corrected chi connectivity index (χ0v) is 20.4. The second-order valence-electron chi connectivity index (χ2n) is 8.77. The van der Waals surface area contributed by atoms with Gasteiger partial charge in [0.15, 0.2) is 5.78 Å². The largest absolute Gasteiger partial charge is 0.345 e. The molecule has 3 heterocycles. The number of piperazine rings is 1. The van der Waals surface area contributed by atoms with Gasteiger partial charge in [-0.2, -0.15) is 4.31 Å². The number of aromatic nitrogens is 1. The highest BCUT2D eigenvalue weighted by Crippen LogP contribution is 2.33. The van der Waals surface area contributed by atoms with Gasteiger partial charge in [0.2, 0.25) is 0 Å². The van der Waals surface area contributed by atoms with Gasteiger partial charge in [-0.25, -0.2) is 8.42 Å². The van der Waals surface area contributed by atoms with E-state index in [0.717, 1.165) is 22.6 Å². The maximum atomic E-state index is 13.1. The van der Waals surface area contributed by atoms with Crippen LogP contribution in [0.2, 0.25) is 0 Å². The van der Waals surface area contributed by atoms with E-state index in [1.54, 1.807) is 10.4 Å². The number of hydrogen-bond acceptors (Lipinski definition) is 5. The lowest BCUT2D eigenvalue weighted by atomic mass is 10.1. The van der Waals surface area contributed by atoms with Crippen molar-refractivity contribution in [3.8, 4) is 0 Å². The molecule has 0 aromatic carbocycles. The highest BCUT2D eigenvalue weighted by atomic mass is 32.2. The van der Waals surface area contributed by atoms with Gasteiger partial charge in [0.25, 0.3) is 10.0 Å². The van der Waals surface area contributed by atoms with Crippen molar-refractivity contribution in [1.29, 1.82) is 0 Å². The molecule has 2 aromatic rings. The lowest BCUT2D eigenvalue weighted by Crippen LogP contribution is -2.49. The van der Waals surface area contributed by atoms with E-state index in [1.807, 2.05) is 19.1 Å². The number of sulfonamides is 1. The van der Waals surface area contributed by atoms with Gasteiger partial charge in [-0.05, 0) is 51.3 Å². The Kier molecular flexibility index (Phi) is 6.72. The SMILES string of the molecule is CCc1ccc(S(=O)(=O)N2CCN(CC(=O)c3cc(C)n(C4CCCC4)c3C)CC2)s1. The van der Waals surface area contributed by atoms with Crippen LogP contribution in [0.4, 0.5) is 0 Å². The topological polar surface area (TPSA) is 62.6 Å². The van der Waals surface area contributed by atoms with Crippen molar-refractivity contribution < 1.29 is 13.2 Å². The van der Waals surface area contributed by atoms with Gasteiger partial charge in [-0.15, -0.1) is 11.3 Å². The Balaban J connectivity index is 1.38. The minimum atomic E-state index is -3.44. The van der Waals surface area contributed by atoms with E-state index in [-0.39, 0.29) is 5.78 Å². The first-order chi connectivity index (χ1) is 14.8. The van der Waals surface area contributed by atoms with Crippen LogP contribution in [0.15, 0.2) is 22.4 Å². The molecule has 31 heavy (non-hydrogen) atoms. The zero-order valence-electron chi connectivity index (χ0n) is 18.8. The van der Waals surface area contributed by atoms with Gasteiger partial charge in [-0.3, -0.25) is 9.69 Å². The number of ketones is 1. The molecule has 1 saturated carbocycles. The molecule has 0 atom stereocenters. The molecule has 0 unspecified atom stereocenters. The maximum absolute atomic E-state index is 13.1. The number of Topliss-reactive ketones (excluding diaryl/α,β-unsaturated/α-hetero) is 1. The number of thiophene rings is 1. The van der Waals surface area contributed by atoms with Crippen molar-refractivity contribution >= 4 is 27.1 Å². The summed E-state index contributed by atoms with van der Waals surface area (Å²) < 4.78 is 30.2. The van der Waals surface area contributed by atoms with E-state index in [2.05, 4.69) is 23.3 Å². The molecule has 6 nitrogen and oxygen atoms in total. The van der Waals surface area contributed by atoms with Gasteiger partial charge >= 0.3 is 0 Å². The van der Waals surface area contributed by atoms with Crippen molar-refractivity contribution in [2.24, 2.45) is 0 Å². The summed E-state index contributed by atoms with van der Waals surface area (Å²) in [7, 11) is -3.44. The predicted molar refractivity (Wildman–Crippen MR) is 125 cm³/mol. The zero-order chi connectivity index (χ0) is 22.2. The number of carbonyl (C=O) groups excluding carboxylic acids is 1. The standard InChI is InChI=1S/C23H33N3O3S2/c1-4-20-9-10-23(30-20)31(28,29)25-13-11-24(12-14-25)16-22(27)21-15-17(2)26(18(21)3)19-7-5-6-8-19/h9-10,15,19H,4-8,11-14,16H2,1-3H3. The Hall–Kier alpha value is -1.48. The first-order valence-electron chi connectivity index (χ1n) is 11.3. The van der Waals surface area contributed by atoms with E-state index in [0.29, 0.717) is 43.0 Å². The fourth-order valence-electron chi connectivity index (χ4n) is 5.01. The average molecular weight is 464 g/mol. The molecule has 0 spiro atoms. The maximum Gasteiger partial charge on any atom is 0.252 e. The highest BCUT2D eigenvalue weighted by Gasteiger charge is 2.31. The van der Waals surface area contributed by atoms with Crippen LogP contribution in [-0.4, -0.2) is 60.7 Å². The molecule has 0 bridgehead atoms. The molecule has 1 saturated heterocycles. The average Bonchev–Trinajstić information content (AvgIpc) is 3.49. The van der Waals surface area contributed by atoms with Crippen molar-refractivity contribution in [3.63, 3.8) is 0 Å². The second kappa shape index (κ2) is 9.17. The van der Waals surface area contributed by atoms with Crippen molar-refractivity contribution in [1.82, 2.24) is 13.8 Å². The Bertz CT molecular complexity index is 1040. The third-order valence-electron chi connectivity index (χ3n) is 6.75. The van der Waals surface area contributed by atoms with Crippen LogP contribution in [0.5, 0.6) is 0 Å². The first-order valence-corrected chi connectivity index (χ1v) is 13.6. The summed E-state index contributed by atoms with van der Waals surface area (Å²) in [6, 6.07) is 6.18. The van der Waals surface area contributed by atoms with Crippen molar-refractivity contribution in [2.45, 2.75) is 63.1 Å². The van der Waals surface area contributed by atoms with Crippen LogP contribution in [-0.2, 0) is 16.4 Å². The number of aryl methyl sites for hydroxylation is 2. The molecule has 2 aromatic heterocycles. The van der Waals surface area contributed by atoms with E-state index in [1.165, 1.54) is 42.7 Å². The number of nitrogens with zero attached hydrogens (tertiary/aromatic N) is 3. The summed E-state index contributed by atoms with van der Waals surface area (Å²) in [4.78, 5) is 16.2. The van der Waals surface area contributed by atoms with Crippen LogP contribution in [0.3, 0.4) is 0 Å². The highest BCUT2D eigenvalue weighted by molar-refractivity contribution is 7.91. The third-order valence-corrected chi connectivity index (χ3v) is 10.3. The normalized spacial score (nSPS) is 19.3. The molecule has 0 radical (unpaired) electrons. The van der Waals surface area contributed by atoms with E-state index < -0.39 is 10.0 Å². The lowest BCUT2D eigenvalue weighted by Gasteiger charge is -2.33. The van der Waals surface area contributed by atoms with Crippen LogP contribution in [0, 0.1) is 13.8 Å². The number of hydrogen-bond donors (Lipinski definition) is 0. The Morgan fingerprint density at radius 1 is 1.10 bits per heavy atom. The summed E-state index contributed by atoms with van der Waals surface area (Å²) in [5.41, 5.74) is 3.08. The lowest BCUT2D eigenvalue weighted by molar-refractivity contribution is 0.0901. The summed E-state index contributed by atoms with van der Waals surface area (Å²) in [6.07, 6.45) is 5.78. The molecule has 0 amide bonds. The minimum absolute atomic E-state index is 0.138. The summed E-state index contributed by atoms with van der Waals surface area (Å²) in [6.45, 7) is 8.56. The monoisotopic (exact) mass is 463 g/mol. The van der Waals surface area contributed by atoms with Gasteiger partial charge in [-0.1, -0.05) is 19.8 Å². The predicted octanol–water partition coefficient (Wildman–Crippen LogP) is 4.03. The fraction of sp³-hybridized carbons (Fsp3) is 0.609. The van der Waals surface area contributed by atoms with Gasteiger partial charge in [0, 0.05) is 54.0 Å². The fourth-order valence-corrected chi connectivity index (χ4v) is 7.89.